The van der Waals surface area contributed by atoms with Crippen LogP contribution >= 0.6 is 0 Å². The normalized spacial score (nSPS) is 16.4. The topological polar surface area (TPSA) is 126 Å². The van der Waals surface area contributed by atoms with E-state index in [9.17, 15) is 19.2 Å². The van der Waals surface area contributed by atoms with Crippen LogP contribution in [0.5, 0.6) is 0 Å². The molecule has 2 atom stereocenters. The molecule has 1 aromatic rings. The van der Waals surface area contributed by atoms with Crippen molar-refractivity contribution in [2.24, 2.45) is 0 Å². The second-order valence-corrected chi connectivity index (χ2v) is 6.69. The number of urea groups is 1. The Balaban J connectivity index is 1.93. The number of carbonyl (C=O) groups is 4. The molecule has 1 aliphatic rings. The van der Waals surface area contributed by atoms with E-state index in [0.717, 1.165) is 0 Å². The van der Waals surface area contributed by atoms with Crippen LogP contribution in [0.3, 0.4) is 0 Å². The summed E-state index contributed by atoms with van der Waals surface area (Å²) in [4.78, 5) is 50.0. The van der Waals surface area contributed by atoms with Gasteiger partial charge in [0.1, 0.15) is 12.1 Å². The average Bonchev–Trinajstić information content (AvgIpc) is 3.22. The summed E-state index contributed by atoms with van der Waals surface area (Å²) in [5, 5.41) is 2.56. The van der Waals surface area contributed by atoms with Gasteiger partial charge in [-0.2, -0.15) is 0 Å². The third-order valence-electron chi connectivity index (χ3n) is 4.50. The van der Waals surface area contributed by atoms with Crippen LogP contribution in [0.2, 0.25) is 0 Å². The van der Waals surface area contributed by atoms with Crippen molar-refractivity contribution in [2.45, 2.75) is 45.7 Å². The van der Waals surface area contributed by atoms with E-state index in [4.69, 9.17) is 9.47 Å². The third kappa shape index (κ3) is 6.10. The van der Waals surface area contributed by atoms with Gasteiger partial charge < -0.3 is 19.7 Å². The Bertz CT molecular complexity index is 784. The number of esters is 2. The van der Waals surface area contributed by atoms with Crippen LogP contribution in [0.4, 0.5) is 10.5 Å². The molecule has 0 bridgehead atoms. The van der Waals surface area contributed by atoms with Crippen molar-refractivity contribution < 1.29 is 28.7 Å². The highest BCUT2D eigenvalue weighted by Gasteiger charge is 2.35. The Morgan fingerprint density at radius 1 is 1.17 bits per heavy atom. The first-order valence-electron chi connectivity index (χ1n) is 9.94. The molecule has 164 valence electrons. The zero-order valence-corrected chi connectivity index (χ0v) is 17.4. The Labute approximate surface area is 175 Å². The lowest BCUT2D eigenvalue weighted by Crippen LogP contribution is -2.53. The first-order valence-corrected chi connectivity index (χ1v) is 9.94. The van der Waals surface area contributed by atoms with Crippen molar-refractivity contribution >= 4 is 29.6 Å². The minimum absolute atomic E-state index is 0.219. The van der Waals surface area contributed by atoms with Gasteiger partial charge in [-0.05, 0) is 51.8 Å². The monoisotopic (exact) mass is 420 g/mol. The van der Waals surface area contributed by atoms with Gasteiger partial charge in [0, 0.05) is 6.54 Å². The second-order valence-electron chi connectivity index (χ2n) is 6.69. The Morgan fingerprint density at radius 3 is 2.60 bits per heavy atom. The Morgan fingerprint density at radius 2 is 1.90 bits per heavy atom. The molecule has 30 heavy (non-hydrogen) atoms. The van der Waals surface area contributed by atoms with Crippen LogP contribution in [0.15, 0.2) is 24.3 Å². The number of benzene rings is 1. The van der Waals surface area contributed by atoms with E-state index in [0.29, 0.717) is 30.6 Å². The second kappa shape index (κ2) is 11.0. The fraction of sp³-hybridized carbons (Fsp3) is 0.500. The fourth-order valence-corrected chi connectivity index (χ4v) is 3.03. The Hall–Kier alpha value is -3.30. The number of likely N-dealkylation sites (tertiary alicyclic amines) is 1. The summed E-state index contributed by atoms with van der Waals surface area (Å²) in [5.41, 5.74) is 6.17. The van der Waals surface area contributed by atoms with Gasteiger partial charge in [0.25, 0.3) is 5.91 Å². The number of nitrogens with zero attached hydrogens (tertiary/aromatic N) is 1. The highest BCUT2D eigenvalue weighted by Crippen LogP contribution is 2.18. The molecular weight excluding hydrogens is 392 g/mol. The van der Waals surface area contributed by atoms with Crippen molar-refractivity contribution in [2.75, 3.05) is 25.2 Å². The lowest BCUT2D eigenvalue weighted by Gasteiger charge is -2.25. The summed E-state index contributed by atoms with van der Waals surface area (Å²) in [6, 6.07) is 4.51. The number of nitrogens with one attached hydrogen (secondary N) is 3. The van der Waals surface area contributed by atoms with Gasteiger partial charge in [-0.1, -0.05) is 6.07 Å². The fourth-order valence-electron chi connectivity index (χ4n) is 3.03. The first-order chi connectivity index (χ1) is 14.4. The summed E-state index contributed by atoms with van der Waals surface area (Å²) in [7, 11) is 0. The van der Waals surface area contributed by atoms with E-state index in [1.807, 2.05) is 0 Å². The summed E-state index contributed by atoms with van der Waals surface area (Å²) in [6.07, 6.45) is 1.16. The van der Waals surface area contributed by atoms with Gasteiger partial charge in [-0.3, -0.25) is 15.6 Å². The summed E-state index contributed by atoms with van der Waals surface area (Å²) >= 11 is 0. The van der Waals surface area contributed by atoms with E-state index >= 15 is 0 Å². The van der Waals surface area contributed by atoms with Crippen LogP contribution in [-0.2, 0) is 19.1 Å². The molecule has 1 heterocycles. The van der Waals surface area contributed by atoms with Gasteiger partial charge in [0.2, 0.25) is 0 Å². The smallest absolute Gasteiger partial charge is 0.338 e. The van der Waals surface area contributed by atoms with E-state index in [-0.39, 0.29) is 13.2 Å². The molecule has 1 unspecified atom stereocenters. The molecule has 1 aliphatic heterocycles. The lowest BCUT2D eigenvalue weighted by molar-refractivity contribution is -0.144. The van der Waals surface area contributed by atoms with E-state index in [1.54, 1.807) is 38.1 Å². The van der Waals surface area contributed by atoms with Crippen molar-refractivity contribution in [3.63, 3.8) is 0 Å². The summed E-state index contributed by atoms with van der Waals surface area (Å²) in [5.74, 6) is -1.39. The van der Waals surface area contributed by atoms with Crippen molar-refractivity contribution in [1.82, 2.24) is 15.6 Å². The summed E-state index contributed by atoms with van der Waals surface area (Å²) < 4.78 is 9.83. The maximum atomic E-state index is 12.6. The molecule has 1 fully saturated rings. The van der Waals surface area contributed by atoms with Gasteiger partial charge in [0.05, 0.1) is 24.5 Å². The predicted octanol–water partition coefficient (Wildman–Crippen LogP) is 1.43. The van der Waals surface area contributed by atoms with Crippen molar-refractivity contribution in [3.05, 3.63) is 29.8 Å². The zero-order chi connectivity index (χ0) is 22.1. The quantitative estimate of drug-likeness (QED) is 0.429. The number of hydrazine groups is 1. The number of amides is 3. The highest BCUT2D eigenvalue weighted by molar-refractivity contribution is 5.91. The largest absolute Gasteiger partial charge is 0.464 e. The molecular formula is C20H28N4O6. The van der Waals surface area contributed by atoms with Crippen LogP contribution in [0, 0.1) is 0 Å². The van der Waals surface area contributed by atoms with Crippen LogP contribution < -0.4 is 16.2 Å². The minimum atomic E-state index is -0.814. The van der Waals surface area contributed by atoms with Crippen molar-refractivity contribution in [1.29, 1.82) is 0 Å². The molecule has 3 amide bonds. The number of ether oxygens (including phenoxy) is 2. The van der Waals surface area contributed by atoms with Crippen LogP contribution in [0.1, 0.15) is 44.0 Å². The summed E-state index contributed by atoms with van der Waals surface area (Å²) in [6.45, 7) is 5.81. The molecule has 3 N–H and O–H groups in total. The number of anilines is 1. The number of carbonyl (C=O) groups excluding carboxylic acids is 4. The maximum absolute atomic E-state index is 12.6. The zero-order valence-electron chi connectivity index (χ0n) is 17.4. The lowest BCUT2D eigenvalue weighted by atomic mass is 10.2. The SMILES string of the molecule is CCOC(=O)c1cccc(NNC(=O)[C@@H]2CCCN2C(=O)NC(C)C(=O)OCC)c1. The van der Waals surface area contributed by atoms with Crippen molar-refractivity contribution in [3.8, 4) is 0 Å². The molecule has 0 saturated carbocycles. The molecule has 10 nitrogen and oxygen atoms in total. The molecule has 2 rings (SSSR count). The molecule has 0 aliphatic carbocycles. The highest BCUT2D eigenvalue weighted by atomic mass is 16.5. The molecule has 1 saturated heterocycles. The number of hydrogen-bond acceptors (Lipinski definition) is 7. The van der Waals surface area contributed by atoms with Gasteiger partial charge >= 0.3 is 18.0 Å². The third-order valence-corrected chi connectivity index (χ3v) is 4.50. The predicted molar refractivity (Wildman–Crippen MR) is 109 cm³/mol. The van der Waals surface area contributed by atoms with Gasteiger partial charge in [-0.25, -0.2) is 14.4 Å². The Kier molecular flexibility index (Phi) is 8.45. The van der Waals surface area contributed by atoms with E-state index in [2.05, 4.69) is 16.2 Å². The van der Waals surface area contributed by atoms with E-state index in [1.165, 1.54) is 11.8 Å². The number of rotatable bonds is 8. The molecule has 0 radical (unpaired) electrons. The van der Waals surface area contributed by atoms with Crippen LogP contribution in [-0.4, -0.2) is 60.6 Å². The number of hydrogen-bond donors (Lipinski definition) is 3. The van der Waals surface area contributed by atoms with Crippen LogP contribution in [0.25, 0.3) is 0 Å². The molecule has 0 spiro atoms. The van der Waals surface area contributed by atoms with E-state index < -0.39 is 36.0 Å². The van der Waals surface area contributed by atoms with Gasteiger partial charge in [-0.15, -0.1) is 0 Å². The first kappa shape index (κ1) is 23.0. The maximum Gasteiger partial charge on any atom is 0.338 e. The standard InChI is InChI=1S/C20H28N4O6/c1-4-29-18(26)13(3)21-20(28)24-11-7-10-16(24)17(25)23-22-15-9-6-8-14(12-15)19(27)30-5-2/h6,8-9,12-13,16,22H,4-5,7,10-11H2,1-3H3,(H,21,28)(H,23,25)/t13?,16-/m0/s1. The minimum Gasteiger partial charge on any atom is -0.464 e. The molecule has 0 aromatic heterocycles. The van der Waals surface area contributed by atoms with Gasteiger partial charge in [0.15, 0.2) is 0 Å². The average molecular weight is 420 g/mol. The molecule has 10 heteroatoms. The molecule has 1 aromatic carbocycles.